The lowest BCUT2D eigenvalue weighted by Gasteiger charge is -2.17. The molecule has 0 aliphatic heterocycles. The van der Waals surface area contributed by atoms with Gasteiger partial charge in [0.2, 0.25) is 0 Å². The molecule has 1 aromatic carbocycles. The summed E-state index contributed by atoms with van der Waals surface area (Å²) in [5.41, 5.74) is 3.12. The molecule has 2 N–H and O–H groups in total. The van der Waals surface area contributed by atoms with Gasteiger partial charge in [0.25, 0.3) is 5.91 Å². The minimum atomic E-state index is -1.05. The van der Waals surface area contributed by atoms with Crippen LogP contribution >= 0.6 is 0 Å². The van der Waals surface area contributed by atoms with E-state index in [0.717, 1.165) is 42.4 Å². The van der Waals surface area contributed by atoms with Crippen LogP contribution in [-0.2, 0) is 9.53 Å². The lowest BCUT2D eigenvalue weighted by molar-refractivity contribution is -0.127. The molecule has 0 bridgehead atoms. The average molecular weight is 346 g/mol. The number of amides is 3. The molecule has 2 rings (SSSR count). The van der Waals surface area contributed by atoms with E-state index in [4.69, 9.17) is 4.74 Å². The van der Waals surface area contributed by atoms with Crippen LogP contribution in [0.2, 0.25) is 0 Å². The van der Waals surface area contributed by atoms with E-state index in [1.54, 1.807) is 0 Å². The molecule has 136 valence electrons. The average Bonchev–Trinajstić information content (AvgIpc) is 2.98. The van der Waals surface area contributed by atoms with E-state index in [0.29, 0.717) is 5.56 Å². The zero-order valence-electron chi connectivity index (χ0n) is 15.3. The molecule has 0 radical (unpaired) electrons. The summed E-state index contributed by atoms with van der Waals surface area (Å²) in [4.78, 5) is 36.3. The Balaban J connectivity index is 1.92. The SMILES string of the molecule is Cc1cc(C)c(C(=O)OC(C)C(=O)NC(=O)NC2CCCC2)c(C)c1. The number of aryl methyl sites for hydroxylation is 3. The van der Waals surface area contributed by atoms with Gasteiger partial charge in [0.1, 0.15) is 0 Å². The second kappa shape index (κ2) is 8.14. The lowest BCUT2D eigenvalue weighted by atomic mass is 10.00. The number of carbonyl (C=O) groups excluding carboxylic acids is 3. The summed E-state index contributed by atoms with van der Waals surface area (Å²) in [6.45, 7) is 7.07. The number of rotatable bonds is 4. The van der Waals surface area contributed by atoms with Crippen LogP contribution in [0.15, 0.2) is 12.1 Å². The third kappa shape index (κ3) is 5.05. The fourth-order valence-corrected chi connectivity index (χ4v) is 3.28. The summed E-state index contributed by atoms with van der Waals surface area (Å²) in [7, 11) is 0. The Morgan fingerprint density at radius 1 is 1.08 bits per heavy atom. The Kier molecular flexibility index (Phi) is 6.17. The van der Waals surface area contributed by atoms with Gasteiger partial charge in [-0.25, -0.2) is 9.59 Å². The highest BCUT2D eigenvalue weighted by atomic mass is 16.5. The third-order valence-electron chi connectivity index (χ3n) is 4.46. The fourth-order valence-electron chi connectivity index (χ4n) is 3.28. The van der Waals surface area contributed by atoms with Crippen molar-refractivity contribution in [3.8, 4) is 0 Å². The number of hydrogen-bond acceptors (Lipinski definition) is 4. The molecule has 0 saturated heterocycles. The standard InChI is InChI=1S/C19H26N2O4/c1-11-9-12(2)16(13(3)10-11)18(23)25-14(4)17(22)21-19(24)20-15-7-5-6-8-15/h9-10,14-15H,5-8H2,1-4H3,(H2,20,21,22,24). The maximum absolute atomic E-state index is 12.4. The summed E-state index contributed by atoms with van der Waals surface area (Å²) in [6.07, 6.45) is 2.97. The number of urea groups is 1. The van der Waals surface area contributed by atoms with E-state index < -0.39 is 24.0 Å². The normalized spacial score (nSPS) is 15.5. The van der Waals surface area contributed by atoms with Crippen LogP contribution in [0.1, 0.15) is 59.7 Å². The molecule has 1 atom stereocenters. The molecule has 6 heteroatoms. The Hall–Kier alpha value is -2.37. The molecule has 1 aliphatic rings. The molecule has 0 spiro atoms. The maximum atomic E-state index is 12.4. The largest absolute Gasteiger partial charge is 0.449 e. The van der Waals surface area contributed by atoms with Gasteiger partial charge in [0.05, 0.1) is 5.56 Å². The van der Waals surface area contributed by atoms with Crippen molar-refractivity contribution in [2.45, 2.75) is 65.5 Å². The van der Waals surface area contributed by atoms with E-state index in [2.05, 4.69) is 10.6 Å². The van der Waals surface area contributed by atoms with Gasteiger partial charge in [0, 0.05) is 6.04 Å². The molecule has 1 unspecified atom stereocenters. The predicted octanol–water partition coefficient (Wildman–Crippen LogP) is 2.93. The number of hydrogen-bond donors (Lipinski definition) is 2. The van der Waals surface area contributed by atoms with Gasteiger partial charge >= 0.3 is 12.0 Å². The number of benzene rings is 1. The van der Waals surface area contributed by atoms with Crippen molar-refractivity contribution >= 4 is 17.9 Å². The van der Waals surface area contributed by atoms with E-state index in [9.17, 15) is 14.4 Å². The van der Waals surface area contributed by atoms with E-state index in [1.807, 2.05) is 32.9 Å². The molecule has 3 amide bonds. The lowest BCUT2D eigenvalue weighted by Crippen LogP contribution is -2.47. The first-order chi connectivity index (χ1) is 11.8. The van der Waals surface area contributed by atoms with Crippen molar-refractivity contribution in [1.29, 1.82) is 0 Å². The molecular formula is C19H26N2O4. The van der Waals surface area contributed by atoms with Crippen molar-refractivity contribution in [1.82, 2.24) is 10.6 Å². The Morgan fingerprint density at radius 2 is 1.64 bits per heavy atom. The number of imide groups is 1. The van der Waals surface area contributed by atoms with E-state index in [-0.39, 0.29) is 6.04 Å². The molecule has 0 heterocycles. The monoisotopic (exact) mass is 346 g/mol. The van der Waals surface area contributed by atoms with Crippen molar-refractivity contribution in [2.75, 3.05) is 0 Å². The van der Waals surface area contributed by atoms with Crippen molar-refractivity contribution < 1.29 is 19.1 Å². The number of ether oxygens (including phenoxy) is 1. The Bertz CT molecular complexity index is 655. The quantitative estimate of drug-likeness (QED) is 0.821. The molecule has 1 fully saturated rings. The summed E-state index contributed by atoms with van der Waals surface area (Å²) in [6, 6.07) is 3.36. The first-order valence-corrected chi connectivity index (χ1v) is 8.68. The summed E-state index contributed by atoms with van der Waals surface area (Å²) < 4.78 is 5.24. The molecule has 1 aliphatic carbocycles. The highest BCUT2D eigenvalue weighted by Crippen LogP contribution is 2.18. The molecule has 1 saturated carbocycles. The summed E-state index contributed by atoms with van der Waals surface area (Å²) >= 11 is 0. The van der Waals surface area contributed by atoms with Crippen LogP contribution < -0.4 is 10.6 Å². The molecule has 0 aromatic heterocycles. The van der Waals surface area contributed by atoms with Crippen molar-refractivity contribution in [3.05, 3.63) is 34.4 Å². The first kappa shape index (κ1) is 19.0. The van der Waals surface area contributed by atoms with Gasteiger partial charge in [-0.3, -0.25) is 10.1 Å². The summed E-state index contributed by atoms with van der Waals surface area (Å²) in [5.74, 6) is -1.19. The van der Waals surface area contributed by atoms with E-state index in [1.165, 1.54) is 6.92 Å². The highest BCUT2D eigenvalue weighted by Gasteiger charge is 2.24. The van der Waals surface area contributed by atoms with Crippen LogP contribution in [0.3, 0.4) is 0 Å². The topological polar surface area (TPSA) is 84.5 Å². The van der Waals surface area contributed by atoms with Gasteiger partial charge in [-0.05, 0) is 51.7 Å². The highest BCUT2D eigenvalue weighted by molar-refractivity contribution is 5.99. The number of carbonyl (C=O) groups is 3. The Labute approximate surface area is 148 Å². The van der Waals surface area contributed by atoms with Crippen LogP contribution in [0.25, 0.3) is 0 Å². The van der Waals surface area contributed by atoms with Crippen molar-refractivity contribution in [2.24, 2.45) is 0 Å². The van der Waals surface area contributed by atoms with Crippen LogP contribution in [-0.4, -0.2) is 30.1 Å². The van der Waals surface area contributed by atoms with Crippen LogP contribution in [0.4, 0.5) is 4.79 Å². The molecule has 1 aromatic rings. The van der Waals surface area contributed by atoms with E-state index >= 15 is 0 Å². The zero-order chi connectivity index (χ0) is 18.6. The second-order valence-electron chi connectivity index (χ2n) is 6.77. The number of esters is 1. The van der Waals surface area contributed by atoms with Crippen LogP contribution in [0, 0.1) is 20.8 Å². The minimum Gasteiger partial charge on any atom is -0.449 e. The number of nitrogens with one attached hydrogen (secondary N) is 2. The predicted molar refractivity (Wildman–Crippen MR) is 94.5 cm³/mol. The van der Waals surface area contributed by atoms with Crippen LogP contribution in [0.5, 0.6) is 0 Å². The minimum absolute atomic E-state index is 0.114. The van der Waals surface area contributed by atoms with Crippen molar-refractivity contribution in [3.63, 3.8) is 0 Å². The fraction of sp³-hybridized carbons (Fsp3) is 0.526. The summed E-state index contributed by atoms with van der Waals surface area (Å²) in [5, 5.41) is 5.00. The molecular weight excluding hydrogens is 320 g/mol. The van der Waals surface area contributed by atoms with Gasteiger partial charge in [-0.2, -0.15) is 0 Å². The molecule has 25 heavy (non-hydrogen) atoms. The van der Waals surface area contributed by atoms with Gasteiger partial charge in [-0.1, -0.05) is 30.5 Å². The smallest absolute Gasteiger partial charge is 0.339 e. The van der Waals surface area contributed by atoms with Gasteiger partial charge in [0.15, 0.2) is 6.10 Å². The third-order valence-corrected chi connectivity index (χ3v) is 4.46. The first-order valence-electron chi connectivity index (χ1n) is 8.68. The van der Waals surface area contributed by atoms with Gasteiger partial charge < -0.3 is 10.1 Å². The molecule has 6 nitrogen and oxygen atoms in total. The maximum Gasteiger partial charge on any atom is 0.339 e. The second-order valence-corrected chi connectivity index (χ2v) is 6.77. The zero-order valence-corrected chi connectivity index (χ0v) is 15.3. The van der Waals surface area contributed by atoms with Gasteiger partial charge in [-0.15, -0.1) is 0 Å². The Morgan fingerprint density at radius 3 is 2.20 bits per heavy atom.